The number of aliphatic hydroxyl groups is 2. The van der Waals surface area contributed by atoms with Gasteiger partial charge in [-0.1, -0.05) is 94.0 Å². The average molecular weight is 871 g/mol. The monoisotopic (exact) mass is 868 g/mol. The highest BCUT2D eigenvalue weighted by molar-refractivity contribution is 7.81. The topological polar surface area (TPSA) is 238 Å². The summed E-state index contributed by atoms with van der Waals surface area (Å²) in [6.07, 6.45) is -5.97. The van der Waals surface area contributed by atoms with Crippen molar-refractivity contribution in [1.29, 1.82) is 0 Å². The molecule has 0 amide bonds. The second-order valence-electron chi connectivity index (χ2n) is 10.00. The Morgan fingerprint density at radius 1 is 0.917 bits per heavy atom. The van der Waals surface area contributed by atoms with Gasteiger partial charge in [0.1, 0.15) is 23.0 Å². The van der Waals surface area contributed by atoms with Crippen LogP contribution in [0, 0.1) is 4.64 Å². The van der Waals surface area contributed by atoms with Crippen molar-refractivity contribution in [3.05, 3.63) is 94.5 Å². The number of phosphoric acid groups is 1. The zero-order chi connectivity index (χ0) is 36.1. The molecular weight excluding hydrogens is 850 g/mol. The van der Waals surface area contributed by atoms with Crippen LogP contribution < -0.4 is 5.69 Å². The van der Waals surface area contributed by atoms with E-state index in [-0.39, 0.29) is 30.3 Å². The lowest BCUT2D eigenvalue weighted by atomic mass is 9.86. The maximum absolute atomic E-state index is 13.1. The lowest BCUT2D eigenvalue weighted by molar-refractivity contribution is -0.0542. The Labute approximate surface area is 305 Å². The first-order chi connectivity index (χ1) is 22.0. The van der Waals surface area contributed by atoms with Crippen molar-refractivity contribution < 1.29 is 57.1 Å². The van der Waals surface area contributed by atoms with Crippen molar-refractivity contribution in [3.63, 3.8) is 0 Å². The molecule has 7 N–H and O–H groups in total. The molecule has 0 bridgehead atoms. The minimum atomic E-state index is -5.99. The molecule has 2 unspecified atom stereocenters. The van der Waals surface area contributed by atoms with E-state index in [1.165, 1.54) is 18.3 Å². The highest BCUT2D eigenvalue weighted by atomic mass is 35.5. The highest BCUT2D eigenvalue weighted by Crippen LogP contribution is 2.79. The number of benzene rings is 2. The van der Waals surface area contributed by atoms with Gasteiger partial charge in [-0.15, -0.1) is 0 Å². The molecule has 1 fully saturated rings. The van der Waals surface area contributed by atoms with Crippen molar-refractivity contribution in [2.24, 2.45) is 0 Å². The van der Waals surface area contributed by atoms with Crippen LogP contribution in [0.15, 0.2) is 47.4 Å². The molecule has 1 aromatic heterocycles. The number of hydrogen-bond donors (Lipinski definition) is 7. The maximum Gasteiger partial charge on any atom is 0.479 e. The first-order valence-electron chi connectivity index (χ1n) is 12.7. The number of rotatable bonds is 11. The van der Waals surface area contributed by atoms with Gasteiger partial charge in [0.05, 0.1) is 26.7 Å². The van der Waals surface area contributed by atoms with Crippen LogP contribution in [0.5, 0.6) is 0 Å². The van der Waals surface area contributed by atoms with E-state index in [1.807, 2.05) is 0 Å². The van der Waals surface area contributed by atoms with E-state index in [0.717, 1.165) is 4.57 Å². The van der Waals surface area contributed by atoms with Gasteiger partial charge in [-0.3, -0.25) is 23.2 Å². The number of phosphoric ester groups is 1. The molecule has 2 heterocycles. The van der Waals surface area contributed by atoms with Crippen LogP contribution in [0.4, 0.5) is 0 Å². The van der Waals surface area contributed by atoms with Crippen LogP contribution in [0.25, 0.3) is 0 Å². The number of hydrogen-bond acceptors (Lipinski definition) is 10. The first kappa shape index (κ1) is 40.4. The van der Waals surface area contributed by atoms with Crippen LogP contribution in [0.2, 0.25) is 20.1 Å². The van der Waals surface area contributed by atoms with Crippen LogP contribution in [0.3, 0.4) is 0 Å². The fraction of sp³-hybridized carbons (Fsp3) is 0.304. The number of alkyl halides is 2. The van der Waals surface area contributed by atoms with E-state index in [4.69, 9.17) is 96.3 Å². The molecular formula is C23H21Cl6N2O13P3S. The molecule has 48 heavy (non-hydrogen) atoms. The summed E-state index contributed by atoms with van der Waals surface area (Å²) >= 11 is 40.8. The van der Waals surface area contributed by atoms with Crippen molar-refractivity contribution in [3.8, 4) is 0 Å². The number of nitrogens with zero attached hydrogens (tertiary/aromatic N) is 1. The number of nitrogens with one attached hydrogen (secondary N) is 1. The van der Waals surface area contributed by atoms with Crippen LogP contribution >= 0.6 is 105 Å². The average Bonchev–Trinajstić information content (AvgIpc) is 3.24. The molecule has 15 nitrogen and oxygen atoms in total. The fourth-order valence-electron chi connectivity index (χ4n) is 4.47. The molecule has 1 aliphatic heterocycles. The Hall–Kier alpha value is -0.390. The number of aliphatic hydroxyl groups excluding tert-OH is 2. The lowest BCUT2D eigenvalue weighted by Crippen LogP contribution is -2.36. The molecule has 0 saturated carbocycles. The molecule has 6 atom stereocenters. The number of H-pyrrole nitrogens is 1. The molecule has 0 spiro atoms. The van der Waals surface area contributed by atoms with E-state index < -0.39 is 69.6 Å². The third-order valence-corrected chi connectivity index (χ3v) is 16.3. The zero-order valence-electron chi connectivity index (χ0n) is 23.1. The first-order valence-corrected chi connectivity index (χ1v) is 20.1. The Morgan fingerprint density at radius 3 is 1.92 bits per heavy atom. The Kier molecular flexibility index (Phi) is 12.6. The predicted molar refractivity (Wildman–Crippen MR) is 179 cm³/mol. The maximum atomic E-state index is 13.1. The van der Waals surface area contributed by atoms with Gasteiger partial charge in [-0.2, -0.15) is 0 Å². The minimum Gasteiger partial charge on any atom is -0.387 e. The van der Waals surface area contributed by atoms with Gasteiger partial charge >= 0.3 is 32.5 Å². The van der Waals surface area contributed by atoms with Crippen molar-refractivity contribution in [1.82, 2.24) is 9.55 Å². The van der Waals surface area contributed by atoms with E-state index in [9.17, 15) is 38.5 Å². The van der Waals surface area contributed by atoms with E-state index in [1.54, 1.807) is 24.3 Å². The summed E-state index contributed by atoms with van der Waals surface area (Å²) < 4.78 is 47.1. The van der Waals surface area contributed by atoms with Crippen LogP contribution in [-0.2, 0) is 27.3 Å². The quantitative estimate of drug-likeness (QED) is 0.0675. The largest absolute Gasteiger partial charge is 0.479 e. The van der Waals surface area contributed by atoms with Crippen molar-refractivity contribution >= 4 is 105 Å². The molecule has 2 aromatic carbocycles. The van der Waals surface area contributed by atoms with Gasteiger partial charge < -0.3 is 34.5 Å². The normalized spacial score (nSPS) is 22.9. The highest BCUT2D eigenvalue weighted by Gasteiger charge is 2.62. The van der Waals surface area contributed by atoms with Crippen LogP contribution in [-0.4, -0.2) is 68.1 Å². The summed E-state index contributed by atoms with van der Waals surface area (Å²) in [5, 5.41) is 22.3. The molecule has 264 valence electrons. The second kappa shape index (κ2) is 14.9. The Bertz CT molecular complexity index is 1940. The molecule has 0 aliphatic carbocycles. The number of aromatic amines is 1. The van der Waals surface area contributed by atoms with Gasteiger partial charge in [-0.25, -0.2) is 13.7 Å². The summed E-state index contributed by atoms with van der Waals surface area (Å²) in [6.45, 7) is -1.14. The summed E-state index contributed by atoms with van der Waals surface area (Å²) in [4.78, 5) is 53.6. The van der Waals surface area contributed by atoms with Gasteiger partial charge in [0.2, 0.25) is 0 Å². The van der Waals surface area contributed by atoms with Gasteiger partial charge in [0.25, 0.3) is 0 Å². The van der Waals surface area contributed by atoms with Crippen molar-refractivity contribution in [2.45, 2.75) is 34.3 Å². The predicted octanol–water partition coefficient (Wildman–Crippen LogP) is 5.90. The Morgan fingerprint density at radius 2 is 1.44 bits per heavy atom. The summed E-state index contributed by atoms with van der Waals surface area (Å²) in [7, 11) is -17.5. The standard InChI is InChI=1S/C23H21Cl6N2O13P3S/c24-12-3-1-9(5-14(12)26)17(10-2-4-13(25)15(27)6-10)11-7-31(22(34)30-20(11)48)21-19(33)18(32)16(43-21)8-42-47(40,41)44-46(38,39)23(28,29)45(35,36)37/h1-7,16-19,21,32-33H,8H2,(H,38,39)(H,40,41)(H,30,34,48)(H2,35,36,37)/t16-,18-,19-,21-/m1/s1. The molecule has 25 heteroatoms. The SMILES string of the molecule is O=c1[nH]c(=S)c(C(c2ccc(Cl)c(Cl)c2)c2ccc(Cl)c(Cl)c2)cn1[C@@H]1O[C@H](COP(=O)(O)OP(=O)(O)C(Cl)(Cl)P(=O)(O)O)[C@@H](O)[C@H]1O. The van der Waals surface area contributed by atoms with Gasteiger partial charge in [-0.05, 0) is 35.4 Å². The third-order valence-electron chi connectivity index (χ3n) is 6.78. The molecule has 3 aromatic rings. The molecule has 0 radical (unpaired) electrons. The van der Waals surface area contributed by atoms with E-state index >= 15 is 0 Å². The summed E-state index contributed by atoms with van der Waals surface area (Å²) in [5.74, 6) is -0.788. The summed E-state index contributed by atoms with van der Waals surface area (Å²) in [5.41, 5.74) is 0.388. The Balaban J connectivity index is 1.67. The van der Waals surface area contributed by atoms with Gasteiger partial charge in [0, 0.05) is 17.7 Å². The fourth-order valence-corrected chi connectivity index (χ4v) is 9.58. The molecule has 4 rings (SSSR count). The zero-order valence-corrected chi connectivity index (χ0v) is 31.2. The smallest absolute Gasteiger partial charge is 0.387 e. The number of halogens is 6. The molecule has 1 aliphatic rings. The third kappa shape index (κ3) is 8.46. The lowest BCUT2D eigenvalue weighted by Gasteiger charge is -2.26. The van der Waals surface area contributed by atoms with E-state index in [0.29, 0.717) is 11.1 Å². The number of aromatic nitrogens is 2. The van der Waals surface area contributed by atoms with Crippen LogP contribution in [0.1, 0.15) is 28.8 Å². The van der Waals surface area contributed by atoms with Gasteiger partial charge in [0.15, 0.2) is 6.23 Å². The van der Waals surface area contributed by atoms with Crippen molar-refractivity contribution in [2.75, 3.05) is 6.61 Å². The molecule has 1 saturated heterocycles. The van der Waals surface area contributed by atoms with E-state index in [2.05, 4.69) is 13.8 Å². The minimum absolute atomic E-state index is 0.0527. The second-order valence-corrected chi connectivity index (χ2v) is 20.1. The summed E-state index contributed by atoms with van der Waals surface area (Å²) in [6, 6.07) is 9.45. The number of ether oxygens (including phenoxy) is 1.